The number of sulfonamides is 1. The second-order valence-corrected chi connectivity index (χ2v) is 6.66. The summed E-state index contributed by atoms with van der Waals surface area (Å²) in [4.78, 5) is 21.1. The summed E-state index contributed by atoms with van der Waals surface area (Å²) >= 11 is 0. The van der Waals surface area contributed by atoms with Crippen molar-refractivity contribution < 1.29 is 27.6 Å². The monoisotopic (exact) mass is 346 g/mol. The Morgan fingerprint density at radius 1 is 1.35 bits per heavy atom. The van der Waals surface area contributed by atoms with Crippen molar-refractivity contribution in [2.45, 2.75) is 17.4 Å². The molecule has 1 aromatic rings. The average Bonchev–Trinajstić information content (AvgIpc) is 2.53. The molecule has 0 aliphatic heterocycles. The summed E-state index contributed by atoms with van der Waals surface area (Å²) in [7, 11) is -0.300. The average molecular weight is 346 g/mol. The number of nitro groups is 1. The first-order chi connectivity index (χ1) is 10.7. The van der Waals surface area contributed by atoms with Crippen molar-refractivity contribution in [1.29, 1.82) is 0 Å². The van der Waals surface area contributed by atoms with Gasteiger partial charge in [-0.15, -0.1) is 0 Å². The Labute approximate surface area is 134 Å². The summed E-state index contributed by atoms with van der Waals surface area (Å²) < 4.78 is 35.5. The first-order valence-electron chi connectivity index (χ1n) is 6.53. The zero-order chi connectivity index (χ0) is 17.6. The highest BCUT2D eigenvalue weighted by molar-refractivity contribution is 7.89. The van der Waals surface area contributed by atoms with Gasteiger partial charge in [0, 0.05) is 26.8 Å². The number of carbonyl (C=O) groups excluding carboxylic acids is 1. The van der Waals surface area contributed by atoms with Crippen molar-refractivity contribution >= 4 is 21.7 Å². The lowest BCUT2D eigenvalue weighted by Crippen LogP contribution is -2.36. The van der Waals surface area contributed by atoms with Gasteiger partial charge in [-0.05, 0) is 6.07 Å². The highest BCUT2D eigenvalue weighted by Gasteiger charge is 2.31. The minimum atomic E-state index is -4.10. The van der Waals surface area contributed by atoms with E-state index in [0.717, 1.165) is 16.4 Å². The minimum absolute atomic E-state index is 0.135. The fraction of sp³-hybridized carbons (Fsp3) is 0.462. The maximum Gasteiger partial charge on any atom is 0.308 e. The van der Waals surface area contributed by atoms with E-state index in [0.29, 0.717) is 0 Å². The highest BCUT2D eigenvalue weighted by atomic mass is 32.2. The number of hydrogen-bond donors (Lipinski definition) is 0. The Hall–Kier alpha value is -2.04. The third-order valence-electron chi connectivity index (χ3n) is 3.17. The molecule has 0 saturated carbocycles. The topological polar surface area (TPSA) is 116 Å². The number of para-hydroxylation sites is 1. The molecular weight excluding hydrogens is 328 g/mol. The van der Waals surface area contributed by atoms with Crippen LogP contribution in [0.5, 0.6) is 0 Å². The molecule has 1 aromatic carbocycles. The molecule has 1 atom stereocenters. The Balaban J connectivity index is 3.04. The number of likely N-dealkylation sites (N-methyl/N-ethyl adjacent to an activating group) is 1. The zero-order valence-corrected chi connectivity index (χ0v) is 13.8. The van der Waals surface area contributed by atoms with Crippen LogP contribution < -0.4 is 0 Å². The van der Waals surface area contributed by atoms with E-state index in [1.165, 1.54) is 33.4 Å². The van der Waals surface area contributed by atoms with Gasteiger partial charge in [0.05, 0.1) is 24.6 Å². The Morgan fingerprint density at radius 2 is 1.96 bits per heavy atom. The number of nitro benzene ring substituents is 1. The molecule has 0 aliphatic rings. The molecule has 1 unspecified atom stereocenters. The van der Waals surface area contributed by atoms with E-state index in [9.17, 15) is 23.3 Å². The van der Waals surface area contributed by atoms with Gasteiger partial charge in [-0.25, -0.2) is 8.42 Å². The predicted molar refractivity (Wildman–Crippen MR) is 80.3 cm³/mol. The number of rotatable bonds is 8. The molecule has 0 saturated heterocycles. The molecule has 23 heavy (non-hydrogen) atoms. The van der Waals surface area contributed by atoms with Crippen LogP contribution >= 0.6 is 0 Å². The highest BCUT2D eigenvalue weighted by Crippen LogP contribution is 2.25. The normalized spacial score (nSPS) is 12.9. The van der Waals surface area contributed by atoms with Gasteiger partial charge in [-0.3, -0.25) is 14.9 Å². The molecule has 1 rings (SSSR count). The molecular formula is C13H18N2O7S. The Morgan fingerprint density at radius 3 is 2.48 bits per heavy atom. The Kier molecular flexibility index (Phi) is 6.61. The smallest absolute Gasteiger partial charge is 0.308 e. The van der Waals surface area contributed by atoms with Crippen molar-refractivity contribution in [3.05, 3.63) is 34.4 Å². The Bertz CT molecular complexity index is 675. The van der Waals surface area contributed by atoms with E-state index in [1.54, 1.807) is 0 Å². The number of carbonyl (C=O) groups is 1. The molecule has 0 bridgehead atoms. The molecule has 0 fully saturated rings. The van der Waals surface area contributed by atoms with Gasteiger partial charge < -0.3 is 9.47 Å². The maximum absolute atomic E-state index is 12.5. The second-order valence-electron chi connectivity index (χ2n) is 4.65. The standard InChI is InChI=1S/C13H18N2O7S/c1-14(9-10(21-2)8-13(16)22-3)23(19,20)12-7-5-4-6-11(12)15(17)18/h4-7,10H,8-9H2,1-3H3. The van der Waals surface area contributed by atoms with Crippen LogP contribution in [0.3, 0.4) is 0 Å². The van der Waals surface area contributed by atoms with Gasteiger partial charge in [-0.1, -0.05) is 12.1 Å². The summed E-state index contributed by atoms with van der Waals surface area (Å²) in [6.45, 7) is -0.153. The molecule has 128 valence electrons. The largest absolute Gasteiger partial charge is 0.469 e. The SMILES string of the molecule is COC(=O)CC(CN(C)S(=O)(=O)c1ccccc1[N+](=O)[O-])OC. The van der Waals surface area contributed by atoms with E-state index in [2.05, 4.69) is 4.74 Å². The lowest BCUT2D eigenvalue weighted by Gasteiger charge is -2.22. The second kappa shape index (κ2) is 7.99. The van der Waals surface area contributed by atoms with Gasteiger partial charge in [-0.2, -0.15) is 4.31 Å². The summed E-state index contributed by atoms with van der Waals surface area (Å²) in [5.41, 5.74) is -0.513. The molecule has 0 aliphatic carbocycles. The van der Waals surface area contributed by atoms with Crippen molar-refractivity contribution in [2.75, 3.05) is 27.8 Å². The van der Waals surface area contributed by atoms with Crippen molar-refractivity contribution in [1.82, 2.24) is 4.31 Å². The molecule has 10 heteroatoms. The number of esters is 1. The van der Waals surface area contributed by atoms with Crippen LogP contribution in [-0.2, 0) is 24.3 Å². The maximum atomic E-state index is 12.5. The van der Waals surface area contributed by atoms with E-state index >= 15 is 0 Å². The minimum Gasteiger partial charge on any atom is -0.469 e. The summed E-state index contributed by atoms with van der Waals surface area (Å²) in [5.74, 6) is -0.548. The quantitative estimate of drug-likeness (QED) is 0.388. The fourth-order valence-corrected chi connectivity index (χ4v) is 3.23. The van der Waals surface area contributed by atoms with E-state index in [1.807, 2.05) is 0 Å². The summed E-state index contributed by atoms with van der Waals surface area (Å²) in [6, 6.07) is 5.05. The first kappa shape index (κ1) is 19.0. The number of methoxy groups -OCH3 is 2. The third-order valence-corrected chi connectivity index (χ3v) is 5.04. The van der Waals surface area contributed by atoms with Gasteiger partial charge in [0.1, 0.15) is 0 Å². The van der Waals surface area contributed by atoms with Crippen LogP contribution in [0, 0.1) is 10.1 Å². The van der Waals surface area contributed by atoms with Gasteiger partial charge >= 0.3 is 5.97 Å². The van der Waals surface area contributed by atoms with Gasteiger partial charge in [0.15, 0.2) is 4.90 Å². The first-order valence-corrected chi connectivity index (χ1v) is 7.97. The zero-order valence-electron chi connectivity index (χ0n) is 13.0. The van der Waals surface area contributed by atoms with E-state index < -0.39 is 37.6 Å². The molecule has 0 radical (unpaired) electrons. The molecule has 9 nitrogen and oxygen atoms in total. The molecule has 0 heterocycles. The van der Waals surface area contributed by atoms with Crippen molar-refractivity contribution in [3.63, 3.8) is 0 Å². The van der Waals surface area contributed by atoms with Crippen LogP contribution in [0.2, 0.25) is 0 Å². The third kappa shape index (κ3) is 4.71. The number of hydrogen-bond acceptors (Lipinski definition) is 7. The predicted octanol–water partition coefficient (Wildman–Crippen LogP) is 0.793. The summed E-state index contributed by atoms with van der Waals surface area (Å²) in [6.07, 6.45) is -0.867. The molecule has 0 spiro atoms. The van der Waals surface area contributed by atoms with Crippen LogP contribution in [0.25, 0.3) is 0 Å². The van der Waals surface area contributed by atoms with Crippen molar-refractivity contribution in [3.8, 4) is 0 Å². The van der Waals surface area contributed by atoms with Crippen LogP contribution in [-0.4, -0.2) is 57.5 Å². The van der Waals surface area contributed by atoms with E-state index in [4.69, 9.17) is 4.74 Å². The van der Waals surface area contributed by atoms with Gasteiger partial charge in [0.2, 0.25) is 10.0 Å². The van der Waals surface area contributed by atoms with Crippen LogP contribution in [0.4, 0.5) is 5.69 Å². The molecule has 0 amide bonds. The van der Waals surface area contributed by atoms with Crippen LogP contribution in [0.15, 0.2) is 29.2 Å². The van der Waals surface area contributed by atoms with Crippen LogP contribution in [0.1, 0.15) is 6.42 Å². The number of benzene rings is 1. The van der Waals surface area contributed by atoms with Gasteiger partial charge in [0.25, 0.3) is 5.69 Å². The number of ether oxygens (including phenoxy) is 2. The molecule has 0 aromatic heterocycles. The lowest BCUT2D eigenvalue weighted by molar-refractivity contribution is -0.387. The number of nitrogens with zero attached hydrogens (tertiary/aromatic N) is 2. The summed E-state index contributed by atoms with van der Waals surface area (Å²) in [5, 5.41) is 11.0. The van der Waals surface area contributed by atoms with E-state index in [-0.39, 0.29) is 13.0 Å². The fourth-order valence-electron chi connectivity index (χ4n) is 1.87. The van der Waals surface area contributed by atoms with Crippen molar-refractivity contribution in [2.24, 2.45) is 0 Å². The molecule has 0 N–H and O–H groups in total. The lowest BCUT2D eigenvalue weighted by atomic mass is 10.2.